The van der Waals surface area contributed by atoms with E-state index in [0.717, 1.165) is 11.3 Å². The summed E-state index contributed by atoms with van der Waals surface area (Å²) in [5.41, 5.74) is 0.873. The molecule has 0 aliphatic carbocycles. The third-order valence-corrected chi connectivity index (χ3v) is 3.65. The van der Waals surface area contributed by atoms with Gasteiger partial charge in [-0.05, 0) is 23.8 Å². The van der Waals surface area contributed by atoms with Crippen LogP contribution in [0.15, 0.2) is 42.7 Å². The van der Waals surface area contributed by atoms with Crippen LogP contribution in [0.2, 0.25) is 0 Å². The first kappa shape index (κ1) is 16.0. The van der Waals surface area contributed by atoms with Crippen LogP contribution in [0.1, 0.15) is 18.0 Å². The highest BCUT2D eigenvalue weighted by Crippen LogP contribution is 2.22. The van der Waals surface area contributed by atoms with Crippen molar-refractivity contribution in [1.29, 1.82) is 0 Å². The highest BCUT2D eigenvalue weighted by atomic mass is 16.5. The van der Waals surface area contributed by atoms with Crippen molar-refractivity contribution in [3.8, 4) is 5.75 Å². The predicted octanol–water partition coefficient (Wildman–Crippen LogP) is 1.47. The van der Waals surface area contributed by atoms with E-state index < -0.39 is 0 Å². The fraction of sp³-hybridized carbons (Fsp3) is 0.375. The predicted molar refractivity (Wildman–Crippen MR) is 82.4 cm³/mol. The minimum Gasteiger partial charge on any atom is -0.497 e. The van der Waals surface area contributed by atoms with Crippen molar-refractivity contribution in [2.75, 3.05) is 20.8 Å². The summed E-state index contributed by atoms with van der Waals surface area (Å²) < 4.78 is 6.83. The van der Waals surface area contributed by atoms with Crippen LogP contribution in [-0.2, 0) is 11.3 Å². The Kier molecular flexibility index (Phi) is 5.55. The number of methoxy groups -OCH3 is 1. The second-order valence-corrected chi connectivity index (χ2v) is 5.00. The number of aliphatic hydroxyl groups excluding tert-OH is 1. The van der Waals surface area contributed by atoms with Crippen molar-refractivity contribution in [1.82, 2.24) is 14.7 Å². The van der Waals surface area contributed by atoms with E-state index in [2.05, 4.69) is 5.10 Å². The first-order valence-corrected chi connectivity index (χ1v) is 7.13. The highest BCUT2D eigenvalue weighted by Gasteiger charge is 2.20. The molecule has 0 saturated carbocycles. The summed E-state index contributed by atoms with van der Waals surface area (Å²) in [6.07, 6.45) is 3.84. The molecule has 0 radical (unpaired) electrons. The maximum absolute atomic E-state index is 12.3. The monoisotopic (exact) mass is 303 g/mol. The Labute approximate surface area is 129 Å². The summed E-state index contributed by atoms with van der Waals surface area (Å²) in [6.45, 7) is 0.396. The molecule has 1 aromatic heterocycles. The Morgan fingerprint density at radius 3 is 2.68 bits per heavy atom. The van der Waals surface area contributed by atoms with Gasteiger partial charge < -0.3 is 14.7 Å². The van der Waals surface area contributed by atoms with Crippen LogP contribution in [0.5, 0.6) is 5.75 Å². The van der Waals surface area contributed by atoms with Gasteiger partial charge in [0.25, 0.3) is 0 Å². The van der Waals surface area contributed by atoms with Gasteiger partial charge in [0, 0.05) is 32.4 Å². The molecule has 118 valence electrons. The van der Waals surface area contributed by atoms with Gasteiger partial charge in [0.05, 0.1) is 19.8 Å². The molecule has 1 heterocycles. The molecule has 0 bridgehead atoms. The van der Waals surface area contributed by atoms with Crippen molar-refractivity contribution in [2.45, 2.75) is 19.0 Å². The maximum Gasteiger partial charge on any atom is 0.224 e. The third-order valence-electron chi connectivity index (χ3n) is 3.65. The maximum atomic E-state index is 12.3. The third kappa shape index (κ3) is 3.85. The van der Waals surface area contributed by atoms with Crippen molar-refractivity contribution in [3.63, 3.8) is 0 Å². The van der Waals surface area contributed by atoms with Gasteiger partial charge in [-0.1, -0.05) is 12.1 Å². The quantitative estimate of drug-likeness (QED) is 0.841. The number of carbonyl (C=O) groups excluding carboxylic acids is 1. The summed E-state index contributed by atoms with van der Waals surface area (Å²) in [5.74, 6) is 0.707. The van der Waals surface area contributed by atoms with E-state index in [1.807, 2.05) is 36.5 Å². The van der Waals surface area contributed by atoms with Gasteiger partial charge >= 0.3 is 0 Å². The molecule has 0 fully saturated rings. The number of rotatable bonds is 7. The van der Waals surface area contributed by atoms with Gasteiger partial charge in [-0.15, -0.1) is 0 Å². The van der Waals surface area contributed by atoms with E-state index in [0.29, 0.717) is 13.0 Å². The molecule has 6 nitrogen and oxygen atoms in total. The van der Waals surface area contributed by atoms with E-state index in [1.54, 1.807) is 29.9 Å². The van der Waals surface area contributed by atoms with Crippen LogP contribution in [0.4, 0.5) is 0 Å². The largest absolute Gasteiger partial charge is 0.497 e. The number of hydrogen-bond donors (Lipinski definition) is 1. The lowest BCUT2D eigenvalue weighted by Gasteiger charge is -2.27. The second-order valence-electron chi connectivity index (χ2n) is 5.00. The fourth-order valence-corrected chi connectivity index (χ4v) is 2.27. The van der Waals surface area contributed by atoms with Gasteiger partial charge in [-0.3, -0.25) is 9.48 Å². The molecule has 22 heavy (non-hydrogen) atoms. The average molecular weight is 303 g/mol. The van der Waals surface area contributed by atoms with Gasteiger partial charge in [-0.2, -0.15) is 5.10 Å². The molecule has 1 N–H and O–H groups in total. The molecule has 1 amide bonds. The summed E-state index contributed by atoms with van der Waals surface area (Å²) in [6, 6.07) is 8.81. The number of amides is 1. The van der Waals surface area contributed by atoms with Crippen LogP contribution in [0.25, 0.3) is 0 Å². The minimum absolute atomic E-state index is 0.0367. The zero-order valence-corrected chi connectivity index (χ0v) is 12.8. The van der Waals surface area contributed by atoms with E-state index in [1.165, 1.54) is 0 Å². The van der Waals surface area contributed by atoms with Gasteiger partial charge in [-0.25, -0.2) is 0 Å². The second kappa shape index (κ2) is 7.61. The van der Waals surface area contributed by atoms with E-state index in [-0.39, 0.29) is 18.6 Å². The number of aromatic nitrogens is 2. The lowest BCUT2D eigenvalue weighted by atomic mass is 10.1. The Morgan fingerprint density at radius 2 is 2.14 bits per heavy atom. The summed E-state index contributed by atoms with van der Waals surface area (Å²) in [7, 11) is 3.31. The lowest BCUT2D eigenvalue weighted by Crippen LogP contribution is -2.33. The number of benzene rings is 1. The van der Waals surface area contributed by atoms with E-state index >= 15 is 0 Å². The molecular weight excluding hydrogens is 282 g/mol. The number of ether oxygens (including phenoxy) is 1. The zero-order valence-electron chi connectivity index (χ0n) is 12.8. The summed E-state index contributed by atoms with van der Waals surface area (Å²) in [4.78, 5) is 13.9. The number of hydrogen-bond acceptors (Lipinski definition) is 4. The summed E-state index contributed by atoms with van der Waals surface area (Å²) >= 11 is 0. The fourth-order valence-electron chi connectivity index (χ4n) is 2.27. The van der Waals surface area contributed by atoms with Crippen LogP contribution >= 0.6 is 0 Å². The first-order valence-electron chi connectivity index (χ1n) is 7.13. The van der Waals surface area contributed by atoms with Crippen molar-refractivity contribution in [2.24, 2.45) is 0 Å². The number of aryl methyl sites for hydroxylation is 1. The number of nitrogens with zero attached hydrogens (tertiary/aromatic N) is 3. The standard InChI is InChI=1S/C16H21N3O3/c1-18(16(21)8-11-19-10-3-9-17-19)15(12-20)13-4-6-14(22-2)7-5-13/h3-7,9-10,15,20H,8,11-12H2,1-2H3. The smallest absolute Gasteiger partial charge is 0.224 e. The average Bonchev–Trinajstić information content (AvgIpc) is 3.07. The molecule has 2 rings (SSSR count). The topological polar surface area (TPSA) is 67.6 Å². The molecule has 2 aromatic rings. The van der Waals surface area contributed by atoms with E-state index in [4.69, 9.17) is 4.74 Å². The Balaban J connectivity index is 2.00. The normalized spacial score (nSPS) is 12.0. The highest BCUT2D eigenvalue weighted by molar-refractivity contribution is 5.76. The lowest BCUT2D eigenvalue weighted by molar-refractivity contribution is -0.133. The van der Waals surface area contributed by atoms with Crippen LogP contribution in [-0.4, -0.2) is 46.5 Å². The SMILES string of the molecule is COc1ccc(C(CO)N(C)C(=O)CCn2cccn2)cc1. The zero-order chi connectivity index (χ0) is 15.9. The van der Waals surface area contributed by atoms with Crippen LogP contribution in [0, 0.1) is 0 Å². The van der Waals surface area contributed by atoms with Crippen molar-refractivity contribution < 1.29 is 14.6 Å². The first-order chi connectivity index (χ1) is 10.7. The number of aliphatic hydroxyl groups is 1. The number of carbonyl (C=O) groups is 1. The minimum atomic E-state index is -0.365. The molecule has 1 atom stereocenters. The molecule has 0 spiro atoms. The van der Waals surface area contributed by atoms with Crippen LogP contribution < -0.4 is 4.74 Å². The molecular formula is C16H21N3O3. The summed E-state index contributed by atoms with van der Waals surface area (Å²) in [5, 5.41) is 13.7. The molecule has 1 unspecified atom stereocenters. The Morgan fingerprint density at radius 1 is 1.41 bits per heavy atom. The molecule has 0 aliphatic rings. The Hall–Kier alpha value is -2.34. The molecule has 1 aromatic carbocycles. The Bertz CT molecular complexity index is 581. The van der Waals surface area contributed by atoms with Gasteiger partial charge in [0.1, 0.15) is 5.75 Å². The van der Waals surface area contributed by atoms with E-state index in [9.17, 15) is 9.90 Å². The molecule has 0 saturated heterocycles. The van der Waals surface area contributed by atoms with Crippen molar-refractivity contribution >= 4 is 5.91 Å². The number of likely N-dealkylation sites (N-methyl/N-ethyl adjacent to an activating group) is 1. The van der Waals surface area contributed by atoms with Crippen LogP contribution in [0.3, 0.4) is 0 Å². The van der Waals surface area contributed by atoms with Gasteiger partial charge in [0.2, 0.25) is 5.91 Å². The molecule has 0 aliphatic heterocycles. The molecule has 6 heteroatoms. The van der Waals surface area contributed by atoms with Crippen molar-refractivity contribution in [3.05, 3.63) is 48.3 Å². The van der Waals surface area contributed by atoms with Gasteiger partial charge in [0.15, 0.2) is 0 Å².